The molecule has 160 valence electrons. The summed E-state index contributed by atoms with van der Waals surface area (Å²) >= 11 is 0. The van der Waals surface area contributed by atoms with Gasteiger partial charge in [0.25, 0.3) is 6.43 Å². The maximum absolute atomic E-state index is 13.3. The summed E-state index contributed by atoms with van der Waals surface area (Å²) in [4.78, 5) is 16.2. The van der Waals surface area contributed by atoms with Gasteiger partial charge in [0.05, 0.1) is 0 Å². The van der Waals surface area contributed by atoms with Crippen molar-refractivity contribution in [2.75, 3.05) is 6.54 Å². The molecule has 2 saturated carbocycles. The fourth-order valence-corrected chi connectivity index (χ4v) is 7.30. The molecule has 0 bridgehead atoms. The summed E-state index contributed by atoms with van der Waals surface area (Å²) in [6, 6.07) is 1.63. The summed E-state index contributed by atoms with van der Waals surface area (Å²) in [6.07, 6.45) is 11.0. The van der Waals surface area contributed by atoms with E-state index in [4.69, 9.17) is 0 Å². The number of fused-ring (bicyclic) bond motifs is 5. The number of rotatable bonds is 2. The number of nitrogens with zero attached hydrogens (tertiary/aromatic N) is 1. The Balaban J connectivity index is 1.46. The molecule has 1 aromatic heterocycles. The summed E-state index contributed by atoms with van der Waals surface area (Å²) in [6.45, 7) is 5.46. The minimum atomic E-state index is -2.49. The molecular formula is C25H30F2N2O. The first-order valence-electron chi connectivity index (χ1n) is 11.3. The van der Waals surface area contributed by atoms with Gasteiger partial charge >= 0.3 is 0 Å². The van der Waals surface area contributed by atoms with Crippen LogP contribution in [-0.2, 0) is 4.79 Å². The van der Waals surface area contributed by atoms with Gasteiger partial charge in [0, 0.05) is 30.6 Å². The number of amides is 1. The maximum atomic E-state index is 13.3. The van der Waals surface area contributed by atoms with Crippen LogP contribution in [0.1, 0.15) is 69.9 Å². The van der Waals surface area contributed by atoms with Crippen molar-refractivity contribution in [1.82, 2.24) is 10.3 Å². The normalized spacial score (nSPS) is 38.0. The van der Waals surface area contributed by atoms with Crippen molar-refractivity contribution in [2.45, 2.75) is 58.8 Å². The molecular weight excluding hydrogens is 382 g/mol. The third kappa shape index (κ3) is 2.88. The Hall–Kier alpha value is -2.04. The second kappa shape index (κ2) is 7.00. The van der Waals surface area contributed by atoms with Crippen LogP contribution in [0.2, 0.25) is 0 Å². The second-order valence-electron chi connectivity index (χ2n) is 10.2. The average Bonchev–Trinajstić information content (AvgIpc) is 2.99. The molecule has 5 rings (SSSR count). The Morgan fingerprint density at radius 3 is 2.77 bits per heavy atom. The lowest BCUT2D eigenvalue weighted by Crippen LogP contribution is -2.49. The van der Waals surface area contributed by atoms with Crippen LogP contribution < -0.4 is 5.32 Å². The third-order valence-corrected chi connectivity index (χ3v) is 8.89. The molecule has 1 aromatic rings. The van der Waals surface area contributed by atoms with E-state index in [0.29, 0.717) is 17.8 Å². The summed E-state index contributed by atoms with van der Waals surface area (Å²) < 4.78 is 26.5. The molecule has 1 aliphatic heterocycles. The van der Waals surface area contributed by atoms with E-state index >= 15 is 0 Å². The Morgan fingerprint density at radius 1 is 1.13 bits per heavy atom. The third-order valence-electron chi connectivity index (χ3n) is 8.89. The van der Waals surface area contributed by atoms with Gasteiger partial charge in [-0.1, -0.05) is 25.5 Å². The van der Waals surface area contributed by atoms with Crippen LogP contribution in [0.25, 0.3) is 5.57 Å². The van der Waals surface area contributed by atoms with Crippen molar-refractivity contribution in [3.63, 3.8) is 0 Å². The smallest absolute Gasteiger partial charge is 0.265 e. The number of alkyl halides is 2. The van der Waals surface area contributed by atoms with Gasteiger partial charge in [0.15, 0.2) is 0 Å². The van der Waals surface area contributed by atoms with Gasteiger partial charge < -0.3 is 5.32 Å². The quantitative estimate of drug-likeness (QED) is 0.677. The zero-order valence-electron chi connectivity index (χ0n) is 17.8. The number of hydrogen-bond donors (Lipinski definition) is 1. The first-order chi connectivity index (χ1) is 14.3. The fraction of sp³-hybridized carbons (Fsp3) is 0.600. The monoisotopic (exact) mass is 412 g/mol. The van der Waals surface area contributed by atoms with E-state index in [0.717, 1.165) is 50.6 Å². The van der Waals surface area contributed by atoms with E-state index in [1.807, 2.05) is 6.08 Å². The molecule has 2 fully saturated rings. The topological polar surface area (TPSA) is 42.0 Å². The number of allylic oxidation sites excluding steroid dienone is 3. The molecule has 2 heterocycles. The standard InChI is InChI=1S/C25H30F2N2O/c1-24-9-10-29-22(30)12-17(24)3-4-18-20-6-5-19(25(20,2)8-7-21(18)24)15-11-16(23(26)27)14-28-13-15/h5,11-14,18,20-21,23H,3-4,6-10H2,1-2H3,(H,29,30). The predicted octanol–water partition coefficient (Wildman–Crippen LogP) is 5.70. The Morgan fingerprint density at radius 2 is 1.97 bits per heavy atom. The minimum absolute atomic E-state index is 0.00437. The van der Waals surface area contributed by atoms with Gasteiger partial charge in [-0.15, -0.1) is 0 Å². The highest BCUT2D eigenvalue weighted by molar-refractivity contribution is 5.88. The van der Waals surface area contributed by atoms with Crippen molar-refractivity contribution in [1.29, 1.82) is 0 Å². The lowest BCUT2D eigenvalue weighted by atomic mass is 9.47. The zero-order valence-corrected chi connectivity index (χ0v) is 17.8. The van der Waals surface area contributed by atoms with Crippen molar-refractivity contribution in [3.05, 3.63) is 47.3 Å². The summed E-state index contributed by atoms with van der Waals surface area (Å²) in [5, 5.41) is 3.02. The minimum Gasteiger partial charge on any atom is -0.353 e. The molecule has 5 atom stereocenters. The van der Waals surface area contributed by atoms with Crippen LogP contribution in [0.3, 0.4) is 0 Å². The van der Waals surface area contributed by atoms with Crippen LogP contribution in [0, 0.1) is 28.6 Å². The summed E-state index contributed by atoms with van der Waals surface area (Å²) in [5.41, 5.74) is 3.52. The van der Waals surface area contributed by atoms with E-state index in [2.05, 4.69) is 30.2 Å². The van der Waals surface area contributed by atoms with Gasteiger partial charge in [-0.3, -0.25) is 9.78 Å². The number of aromatic nitrogens is 1. The molecule has 0 aromatic carbocycles. The molecule has 4 aliphatic rings. The van der Waals surface area contributed by atoms with Crippen molar-refractivity contribution < 1.29 is 13.6 Å². The number of carbonyl (C=O) groups excluding carboxylic acids is 1. The number of halogens is 2. The van der Waals surface area contributed by atoms with Gasteiger partial charge in [0.1, 0.15) is 0 Å². The molecule has 30 heavy (non-hydrogen) atoms. The van der Waals surface area contributed by atoms with Crippen LogP contribution in [0.4, 0.5) is 8.78 Å². The second-order valence-corrected chi connectivity index (χ2v) is 10.2. The summed E-state index contributed by atoms with van der Waals surface area (Å²) in [5.74, 6) is 1.79. The van der Waals surface area contributed by atoms with Gasteiger partial charge in [-0.05, 0) is 84.3 Å². The lowest BCUT2D eigenvalue weighted by molar-refractivity contribution is -0.116. The highest BCUT2D eigenvalue weighted by atomic mass is 19.3. The largest absolute Gasteiger partial charge is 0.353 e. The van der Waals surface area contributed by atoms with Crippen molar-refractivity contribution >= 4 is 11.5 Å². The molecule has 3 nitrogen and oxygen atoms in total. The van der Waals surface area contributed by atoms with E-state index in [1.165, 1.54) is 17.3 Å². The van der Waals surface area contributed by atoms with Crippen LogP contribution in [0.15, 0.2) is 36.2 Å². The first kappa shape index (κ1) is 19.9. The Bertz CT molecular complexity index is 939. The SMILES string of the molecule is CC12CCNC(=O)C=C1CCC1C2CCC2(C)C(c3cncc(C(F)F)c3)=CCC12. The highest BCUT2D eigenvalue weighted by Crippen LogP contribution is 2.66. The predicted molar refractivity (Wildman–Crippen MR) is 113 cm³/mol. The van der Waals surface area contributed by atoms with Crippen molar-refractivity contribution in [3.8, 4) is 0 Å². The average molecular weight is 413 g/mol. The lowest BCUT2D eigenvalue weighted by Gasteiger charge is -2.57. The number of carbonyl (C=O) groups is 1. The van der Waals surface area contributed by atoms with E-state index in [1.54, 1.807) is 12.3 Å². The van der Waals surface area contributed by atoms with Gasteiger partial charge in [-0.25, -0.2) is 8.78 Å². The Labute approximate surface area is 177 Å². The van der Waals surface area contributed by atoms with Crippen LogP contribution in [0.5, 0.6) is 0 Å². The number of pyridine rings is 1. The zero-order chi connectivity index (χ0) is 21.1. The maximum Gasteiger partial charge on any atom is 0.265 e. The fourth-order valence-electron chi connectivity index (χ4n) is 7.30. The van der Waals surface area contributed by atoms with Gasteiger partial charge in [0.2, 0.25) is 5.91 Å². The van der Waals surface area contributed by atoms with E-state index in [-0.39, 0.29) is 22.3 Å². The molecule has 1 amide bonds. The molecule has 0 saturated heterocycles. The van der Waals surface area contributed by atoms with Crippen LogP contribution in [-0.4, -0.2) is 17.4 Å². The Kier molecular flexibility index (Phi) is 4.64. The van der Waals surface area contributed by atoms with Crippen LogP contribution >= 0.6 is 0 Å². The number of hydrogen-bond acceptors (Lipinski definition) is 2. The molecule has 3 aliphatic carbocycles. The van der Waals surface area contributed by atoms with Crippen molar-refractivity contribution in [2.24, 2.45) is 28.6 Å². The molecule has 0 radical (unpaired) electrons. The molecule has 5 heteroatoms. The number of nitrogens with one attached hydrogen (secondary N) is 1. The van der Waals surface area contributed by atoms with E-state index < -0.39 is 6.43 Å². The molecule has 5 unspecified atom stereocenters. The van der Waals surface area contributed by atoms with E-state index in [9.17, 15) is 13.6 Å². The molecule has 1 N–H and O–H groups in total. The molecule has 0 spiro atoms. The first-order valence-corrected chi connectivity index (χ1v) is 11.3. The summed E-state index contributed by atoms with van der Waals surface area (Å²) in [7, 11) is 0. The highest BCUT2D eigenvalue weighted by Gasteiger charge is 2.56. The van der Waals surface area contributed by atoms with Gasteiger partial charge in [-0.2, -0.15) is 0 Å².